The Bertz CT molecular complexity index is 1310. The van der Waals surface area contributed by atoms with E-state index in [2.05, 4.69) is 16.5 Å². The minimum Gasteiger partial charge on any atom is -0.485 e. The maximum Gasteiger partial charge on any atom is 0.272 e. The minimum atomic E-state index is -0.917. The molecule has 2 atom stereocenters. The van der Waals surface area contributed by atoms with Gasteiger partial charge in [0.05, 0.1) is 5.69 Å². The number of anilines is 1. The van der Waals surface area contributed by atoms with Crippen LogP contribution in [-0.2, 0) is 16.6 Å². The molecule has 8 heteroatoms. The monoisotopic (exact) mass is 516 g/mol. The summed E-state index contributed by atoms with van der Waals surface area (Å²) in [7, 11) is 1.82. The van der Waals surface area contributed by atoms with Crippen molar-refractivity contribution in [2.45, 2.75) is 71.1 Å². The summed E-state index contributed by atoms with van der Waals surface area (Å²) in [6, 6.07) is 12.4. The van der Waals surface area contributed by atoms with Gasteiger partial charge in [0.15, 0.2) is 11.5 Å². The Kier molecular flexibility index (Phi) is 7.40. The Morgan fingerprint density at radius 3 is 2.37 bits per heavy atom. The van der Waals surface area contributed by atoms with Gasteiger partial charge in [-0.25, -0.2) is 0 Å². The molecule has 38 heavy (non-hydrogen) atoms. The molecule has 1 fully saturated rings. The smallest absolute Gasteiger partial charge is 0.272 e. The summed E-state index contributed by atoms with van der Waals surface area (Å²) < 4.78 is 13.7. The van der Waals surface area contributed by atoms with E-state index in [1.54, 1.807) is 15.6 Å². The van der Waals surface area contributed by atoms with Crippen LogP contribution >= 0.6 is 0 Å². The third-order valence-electron chi connectivity index (χ3n) is 7.31. The second kappa shape index (κ2) is 10.9. The van der Waals surface area contributed by atoms with Crippen molar-refractivity contribution in [2.75, 3.05) is 11.5 Å². The summed E-state index contributed by atoms with van der Waals surface area (Å²) in [5.74, 6) is 0.566. The Labute approximate surface area is 223 Å². The number of benzene rings is 2. The van der Waals surface area contributed by atoms with Crippen LogP contribution in [0.15, 0.2) is 48.7 Å². The molecule has 1 aliphatic heterocycles. The Morgan fingerprint density at radius 2 is 1.71 bits per heavy atom. The lowest BCUT2D eigenvalue weighted by atomic mass is 9.94. The van der Waals surface area contributed by atoms with E-state index in [9.17, 15) is 9.59 Å². The third-order valence-corrected chi connectivity index (χ3v) is 7.31. The molecule has 0 spiro atoms. The molecular weight excluding hydrogens is 480 g/mol. The van der Waals surface area contributed by atoms with Gasteiger partial charge in [-0.05, 0) is 69.0 Å². The van der Waals surface area contributed by atoms with Crippen molar-refractivity contribution in [1.82, 2.24) is 15.1 Å². The number of nitrogens with one attached hydrogen (secondary N) is 1. The van der Waals surface area contributed by atoms with Gasteiger partial charge in [0.25, 0.3) is 5.91 Å². The average molecular weight is 517 g/mol. The first-order valence-corrected chi connectivity index (χ1v) is 13.4. The van der Waals surface area contributed by atoms with Gasteiger partial charge in [-0.15, -0.1) is 0 Å². The van der Waals surface area contributed by atoms with Gasteiger partial charge in [0, 0.05) is 30.5 Å². The fraction of sp³-hybridized carbons (Fsp3) is 0.433. The summed E-state index contributed by atoms with van der Waals surface area (Å²) in [5.41, 5.74) is 4.02. The number of carbonyl (C=O) groups is 2. The van der Waals surface area contributed by atoms with Gasteiger partial charge in [-0.1, -0.05) is 37.5 Å². The molecule has 2 aromatic carbocycles. The quantitative estimate of drug-likeness (QED) is 0.513. The highest BCUT2D eigenvalue weighted by Gasteiger charge is 2.41. The molecule has 1 aromatic heterocycles. The van der Waals surface area contributed by atoms with Crippen molar-refractivity contribution in [3.8, 4) is 11.5 Å². The van der Waals surface area contributed by atoms with Crippen LogP contribution in [0.2, 0.25) is 0 Å². The predicted molar refractivity (Wildman–Crippen MR) is 145 cm³/mol. The van der Waals surface area contributed by atoms with E-state index in [1.165, 1.54) is 6.42 Å². The van der Waals surface area contributed by atoms with E-state index in [0.29, 0.717) is 28.4 Å². The van der Waals surface area contributed by atoms with E-state index in [-0.39, 0.29) is 24.5 Å². The number of rotatable bonds is 6. The number of hydrogen-bond donors (Lipinski definition) is 1. The zero-order valence-electron chi connectivity index (χ0n) is 22.6. The highest BCUT2D eigenvalue weighted by atomic mass is 16.6. The number of nitrogens with zero attached hydrogens (tertiary/aromatic N) is 3. The molecule has 0 unspecified atom stereocenters. The van der Waals surface area contributed by atoms with E-state index < -0.39 is 12.1 Å². The first-order chi connectivity index (χ1) is 18.3. The van der Waals surface area contributed by atoms with Crippen LogP contribution in [0.3, 0.4) is 0 Å². The molecule has 200 valence electrons. The lowest BCUT2D eigenvalue weighted by molar-refractivity contribution is -0.132. The van der Waals surface area contributed by atoms with Crippen molar-refractivity contribution in [1.29, 1.82) is 0 Å². The summed E-state index contributed by atoms with van der Waals surface area (Å²) in [5, 5.41) is 7.78. The molecule has 1 saturated carbocycles. The Balaban J connectivity index is 1.58. The standard InChI is InChI=1S/C30H36N4O4/c1-19-14-20(2)16-23(15-19)34(30(36)27-18-37-25-12-8-9-13-26(25)38-27)28(24-17-33(4)32-21(24)3)29(35)31-22-10-6-5-7-11-22/h8-9,12-17,22,27-28H,5-7,10-11,18H2,1-4H3,(H,31,35)/t27-,28+/m0/s1. The maximum absolute atomic E-state index is 14.4. The summed E-state index contributed by atoms with van der Waals surface area (Å²) in [6.07, 6.45) is 6.17. The topological polar surface area (TPSA) is 85.7 Å². The van der Waals surface area contributed by atoms with Crippen LogP contribution in [0.4, 0.5) is 5.69 Å². The molecular formula is C30H36N4O4. The zero-order valence-corrected chi connectivity index (χ0v) is 22.6. The molecule has 0 radical (unpaired) electrons. The van der Waals surface area contributed by atoms with Crippen LogP contribution in [0, 0.1) is 20.8 Å². The van der Waals surface area contributed by atoms with Crippen LogP contribution in [0.5, 0.6) is 11.5 Å². The molecule has 2 amide bonds. The van der Waals surface area contributed by atoms with Crippen molar-refractivity contribution >= 4 is 17.5 Å². The van der Waals surface area contributed by atoms with Gasteiger partial charge >= 0.3 is 0 Å². The number of ether oxygens (including phenoxy) is 2. The fourth-order valence-electron chi connectivity index (χ4n) is 5.60. The second-order valence-electron chi connectivity index (χ2n) is 10.5. The molecule has 0 saturated heterocycles. The predicted octanol–water partition coefficient (Wildman–Crippen LogP) is 4.71. The zero-order chi connectivity index (χ0) is 26.8. The molecule has 1 N–H and O–H groups in total. The largest absolute Gasteiger partial charge is 0.485 e. The molecule has 2 aliphatic rings. The maximum atomic E-state index is 14.4. The molecule has 3 aromatic rings. The second-order valence-corrected chi connectivity index (χ2v) is 10.5. The molecule has 8 nitrogen and oxygen atoms in total. The molecule has 1 aliphatic carbocycles. The summed E-state index contributed by atoms with van der Waals surface area (Å²) in [6.45, 7) is 5.90. The van der Waals surface area contributed by atoms with Gasteiger partial charge in [0.1, 0.15) is 12.6 Å². The molecule has 2 heterocycles. The Hall–Kier alpha value is -3.81. The van der Waals surface area contributed by atoms with Crippen molar-refractivity contribution < 1.29 is 19.1 Å². The third kappa shape index (κ3) is 5.39. The molecule has 5 rings (SSSR count). The number of carbonyl (C=O) groups excluding carboxylic acids is 2. The van der Waals surface area contributed by atoms with Crippen LogP contribution in [0.1, 0.15) is 60.5 Å². The van der Waals surface area contributed by atoms with Crippen molar-refractivity contribution in [2.24, 2.45) is 7.05 Å². The normalized spacial score (nSPS) is 18.1. The number of amides is 2. The van der Waals surface area contributed by atoms with E-state index in [1.807, 2.05) is 64.3 Å². The Morgan fingerprint density at radius 1 is 1.03 bits per heavy atom. The van der Waals surface area contributed by atoms with Crippen LogP contribution < -0.4 is 19.7 Å². The number of fused-ring (bicyclic) bond motifs is 1. The lowest BCUT2D eigenvalue weighted by Gasteiger charge is -2.36. The van der Waals surface area contributed by atoms with E-state index in [0.717, 1.165) is 36.8 Å². The van der Waals surface area contributed by atoms with Crippen molar-refractivity contribution in [3.05, 3.63) is 71.0 Å². The highest BCUT2D eigenvalue weighted by molar-refractivity contribution is 6.04. The summed E-state index contributed by atoms with van der Waals surface area (Å²) >= 11 is 0. The van der Waals surface area contributed by atoms with Crippen LogP contribution in [0.25, 0.3) is 0 Å². The van der Waals surface area contributed by atoms with E-state index >= 15 is 0 Å². The lowest BCUT2D eigenvalue weighted by Crippen LogP contribution is -2.52. The van der Waals surface area contributed by atoms with E-state index in [4.69, 9.17) is 9.47 Å². The van der Waals surface area contributed by atoms with Gasteiger partial charge in [-0.2, -0.15) is 5.10 Å². The minimum absolute atomic E-state index is 0.0557. The first-order valence-electron chi connectivity index (χ1n) is 13.4. The number of aromatic nitrogens is 2. The SMILES string of the molecule is Cc1cc(C)cc(N(C(=O)[C@@H]2COc3ccccc3O2)[C@@H](C(=O)NC2CCCCC2)c2cn(C)nc2C)c1. The number of hydrogen-bond acceptors (Lipinski definition) is 5. The first kappa shape index (κ1) is 25.8. The van der Waals surface area contributed by atoms with Crippen molar-refractivity contribution in [3.63, 3.8) is 0 Å². The average Bonchev–Trinajstić information content (AvgIpc) is 3.23. The fourth-order valence-corrected chi connectivity index (χ4v) is 5.60. The van der Waals surface area contributed by atoms with Gasteiger partial charge < -0.3 is 14.8 Å². The summed E-state index contributed by atoms with van der Waals surface area (Å²) in [4.78, 5) is 30.1. The molecule has 0 bridgehead atoms. The van der Waals surface area contributed by atoms with Gasteiger partial charge in [-0.3, -0.25) is 19.2 Å². The van der Waals surface area contributed by atoms with Gasteiger partial charge in [0.2, 0.25) is 12.0 Å². The highest BCUT2D eigenvalue weighted by Crippen LogP contribution is 2.36. The van der Waals surface area contributed by atoms with Crippen LogP contribution in [-0.4, -0.2) is 40.3 Å². The number of aryl methyl sites for hydroxylation is 4. The number of para-hydroxylation sites is 2.